The van der Waals surface area contributed by atoms with E-state index in [2.05, 4.69) is 5.32 Å². The zero-order chi connectivity index (χ0) is 16.2. The zero-order valence-corrected chi connectivity index (χ0v) is 11.2. The lowest BCUT2D eigenvalue weighted by Gasteiger charge is -2.13. The maximum atomic E-state index is 11.9. The number of nitrogens with one attached hydrogen (secondary N) is 1. The fourth-order valence-electron chi connectivity index (χ4n) is 1.44. The van der Waals surface area contributed by atoms with Crippen LogP contribution in [0.15, 0.2) is 18.2 Å². The minimum atomic E-state index is -1.51. The highest BCUT2D eigenvalue weighted by molar-refractivity contribution is 6.34. The Hall–Kier alpha value is -2.68. The number of nitro benzene ring substituents is 1. The van der Waals surface area contributed by atoms with Gasteiger partial charge in [0.1, 0.15) is 6.04 Å². The van der Waals surface area contributed by atoms with Gasteiger partial charge in [-0.2, -0.15) is 0 Å². The molecule has 10 heteroatoms. The largest absolute Gasteiger partial charge is 0.480 e. The molecular weight excluding hydrogens is 306 g/mol. The monoisotopic (exact) mass is 315 g/mol. The number of benzene rings is 1. The second kappa shape index (κ2) is 6.66. The Morgan fingerprint density at radius 1 is 1.43 bits per heavy atom. The Balaban J connectivity index is 2.95. The lowest BCUT2D eigenvalue weighted by molar-refractivity contribution is -0.384. The first-order valence-electron chi connectivity index (χ1n) is 5.48. The quantitative estimate of drug-likeness (QED) is 0.507. The molecule has 0 fully saturated rings. The number of nitrogens with two attached hydrogens (primary N) is 1. The summed E-state index contributed by atoms with van der Waals surface area (Å²) in [6.07, 6.45) is -0.592. The van der Waals surface area contributed by atoms with Crippen molar-refractivity contribution in [3.63, 3.8) is 0 Å². The van der Waals surface area contributed by atoms with Crippen LogP contribution in [0, 0.1) is 10.1 Å². The van der Waals surface area contributed by atoms with Crippen LogP contribution in [0.3, 0.4) is 0 Å². The third-order valence-corrected chi connectivity index (χ3v) is 2.73. The van der Waals surface area contributed by atoms with Crippen molar-refractivity contribution in [1.29, 1.82) is 0 Å². The molecule has 0 aliphatic heterocycles. The molecule has 1 aromatic rings. The summed E-state index contributed by atoms with van der Waals surface area (Å²) in [5.74, 6) is -3.23. The van der Waals surface area contributed by atoms with Gasteiger partial charge in [-0.3, -0.25) is 19.7 Å². The van der Waals surface area contributed by atoms with Gasteiger partial charge in [0.2, 0.25) is 5.91 Å². The Morgan fingerprint density at radius 2 is 2.05 bits per heavy atom. The number of carbonyl (C=O) groups excluding carboxylic acids is 2. The molecule has 2 amide bonds. The van der Waals surface area contributed by atoms with Gasteiger partial charge < -0.3 is 16.2 Å². The maximum Gasteiger partial charge on any atom is 0.326 e. The van der Waals surface area contributed by atoms with Gasteiger partial charge in [-0.1, -0.05) is 11.6 Å². The molecule has 0 spiro atoms. The average Bonchev–Trinajstić information content (AvgIpc) is 2.36. The topological polar surface area (TPSA) is 153 Å². The van der Waals surface area contributed by atoms with Crippen molar-refractivity contribution in [2.24, 2.45) is 5.73 Å². The van der Waals surface area contributed by atoms with Gasteiger partial charge in [0.15, 0.2) is 0 Å². The Bertz CT molecular complexity index is 618. The van der Waals surface area contributed by atoms with Crippen LogP contribution in [0.2, 0.25) is 5.02 Å². The summed E-state index contributed by atoms with van der Waals surface area (Å²) in [5.41, 5.74) is 4.40. The lowest BCUT2D eigenvalue weighted by Crippen LogP contribution is -2.43. The van der Waals surface area contributed by atoms with Crippen LogP contribution in [-0.2, 0) is 9.59 Å². The molecule has 0 saturated heterocycles. The molecule has 9 nitrogen and oxygen atoms in total. The molecule has 1 aromatic carbocycles. The number of rotatable bonds is 6. The van der Waals surface area contributed by atoms with Crippen molar-refractivity contribution in [2.75, 3.05) is 0 Å². The number of non-ortho nitro benzene ring substituents is 1. The van der Waals surface area contributed by atoms with E-state index in [0.29, 0.717) is 0 Å². The zero-order valence-electron chi connectivity index (χ0n) is 10.4. The van der Waals surface area contributed by atoms with Crippen molar-refractivity contribution in [2.45, 2.75) is 12.5 Å². The Labute approximate surface area is 122 Å². The number of aliphatic carboxylic acids is 1. The third-order valence-electron chi connectivity index (χ3n) is 2.42. The Kier molecular flexibility index (Phi) is 5.19. The summed E-state index contributed by atoms with van der Waals surface area (Å²) in [7, 11) is 0. The van der Waals surface area contributed by atoms with Crippen LogP contribution in [0.5, 0.6) is 0 Å². The van der Waals surface area contributed by atoms with E-state index in [1.54, 1.807) is 0 Å². The molecule has 0 aromatic heterocycles. The predicted octanol–water partition coefficient (Wildman–Crippen LogP) is 0.307. The predicted molar refractivity (Wildman–Crippen MR) is 70.8 cm³/mol. The summed E-state index contributed by atoms with van der Waals surface area (Å²) in [4.78, 5) is 43.3. The number of carboxylic acid groups (broad SMARTS) is 1. The second-order valence-corrected chi connectivity index (χ2v) is 4.36. The van der Waals surface area contributed by atoms with Gasteiger partial charge >= 0.3 is 5.97 Å². The van der Waals surface area contributed by atoms with E-state index in [4.69, 9.17) is 22.4 Å². The number of nitrogens with zero attached hydrogens (tertiary/aromatic N) is 1. The van der Waals surface area contributed by atoms with Gasteiger partial charge in [0, 0.05) is 12.1 Å². The van der Waals surface area contributed by atoms with E-state index in [9.17, 15) is 24.5 Å². The molecule has 0 aliphatic carbocycles. The normalized spacial score (nSPS) is 11.5. The molecule has 4 N–H and O–H groups in total. The fourth-order valence-corrected chi connectivity index (χ4v) is 1.70. The maximum absolute atomic E-state index is 11.9. The number of halogens is 1. The molecule has 1 unspecified atom stereocenters. The second-order valence-electron chi connectivity index (χ2n) is 3.96. The molecule has 112 valence electrons. The van der Waals surface area contributed by atoms with Crippen LogP contribution >= 0.6 is 11.6 Å². The molecule has 0 saturated carbocycles. The van der Waals surface area contributed by atoms with Crippen molar-refractivity contribution >= 4 is 35.1 Å². The number of primary amides is 1. The van der Waals surface area contributed by atoms with Gasteiger partial charge in [-0.05, 0) is 6.07 Å². The van der Waals surface area contributed by atoms with Gasteiger partial charge in [0.25, 0.3) is 11.6 Å². The Morgan fingerprint density at radius 3 is 2.48 bits per heavy atom. The SMILES string of the molecule is NC(=O)CC(NC(=O)c1ccc([N+](=O)[O-])cc1Cl)C(=O)O. The number of carbonyl (C=O) groups is 3. The highest BCUT2D eigenvalue weighted by Crippen LogP contribution is 2.22. The summed E-state index contributed by atoms with van der Waals surface area (Å²) in [5, 5.41) is 21.2. The van der Waals surface area contributed by atoms with E-state index in [1.165, 1.54) is 0 Å². The molecule has 1 rings (SSSR count). The highest BCUT2D eigenvalue weighted by Gasteiger charge is 2.24. The average molecular weight is 316 g/mol. The summed E-state index contributed by atoms with van der Waals surface area (Å²) >= 11 is 5.73. The van der Waals surface area contributed by atoms with E-state index >= 15 is 0 Å². The number of hydrogen-bond acceptors (Lipinski definition) is 5. The molecule has 0 radical (unpaired) electrons. The molecule has 0 bridgehead atoms. The van der Waals surface area contributed by atoms with E-state index in [1.807, 2.05) is 0 Å². The molecular formula is C11H10ClN3O6. The summed E-state index contributed by atoms with van der Waals surface area (Å²) in [6.45, 7) is 0. The number of nitro groups is 1. The highest BCUT2D eigenvalue weighted by atomic mass is 35.5. The van der Waals surface area contributed by atoms with Gasteiger partial charge in [-0.25, -0.2) is 4.79 Å². The smallest absolute Gasteiger partial charge is 0.326 e. The van der Waals surface area contributed by atoms with Gasteiger partial charge in [-0.15, -0.1) is 0 Å². The van der Waals surface area contributed by atoms with Crippen molar-refractivity contribution in [3.8, 4) is 0 Å². The van der Waals surface area contributed by atoms with Crippen LogP contribution in [0.1, 0.15) is 16.8 Å². The van der Waals surface area contributed by atoms with Crippen LogP contribution in [0.4, 0.5) is 5.69 Å². The first kappa shape index (κ1) is 16.4. The van der Waals surface area contributed by atoms with E-state index in [-0.39, 0.29) is 16.3 Å². The molecule has 21 heavy (non-hydrogen) atoms. The lowest BCUT2D eigenvalue weighted by atomic mass is 10.1. The van der Waals surface area contributed by atoms with Crippen molar-refractivity contribution in [3.05, 3.63) is 38.9 Å². The minimum absolute atomic E-state index is 0.155. The molecule has 1 atom stereocenters. The number of carboxylic acids is 1. The van der Waals surface area contributed by atoms with Gasteiger partial charge in [0.05, 0.1) is 21.9 Å². The number of amides is 2. The van der Waals surface area contributed by atoms with Crippen molar-refractivity contribution < 1.29 is 24.4 Å². The van der Waals surface area contributed by atoms with E-state index in [0.717, 1.165) is 18.2 Å². The summed E-state index contributed by atoms with van der Waals surface area (Å²) in [6, 6.07) is 1.57. The summed E-state index contributed by atoms with van der Waals surface area (Å²) < 4.78 is 0. The first-order chi connectivity index (χ1) is 9.72. The molecule has 0 aliphatic rings. The van der Waals surface area contributed by atoms with Crippen molar-refractivity contribution in [1.82, 2.24) is 5.32 Å². The van der Waals surface area contributed by atoms with E-state index < -0.39 is 35.2 Å². The van der Waals surface area contributed by atoms with Crippen LogP contribution in [-0.4, -0.2) is 33.9 Å². The number of hydrogen-bond donors (Lipinski definition) is 3. The third kappa shape index (κ3) is 4.42. The fraction of sp³-hybridized carbons (Fsp3) is 0.182. The van der Waals surface area contributed by atoms with Crippen LogP contribution < -0.4 is 11.1 Å². The van der Waals surface area contributed by atoms with Crippen LogP contribution in [0.25, 0.3) is 0 Å². The standard InChI is InChI=1S/C11H10ClN3O6/c12-7-3-5(15(20)21)1-2-6(7)10(17)14-8(11(18)19)4-9(13)16/h1-3,8H,4H2,(H2,13,16)(H,14,17)(H,18,19). The minimum Gasteiger partial charge on any atom is -0.480 e. The molecule has 0 heterocycles. The first-order valence-corrected chi connectivity index (χ1v) is 5.86.